The molecule has 1 heterocycles. The number of hydrogen-bond acceptors (Lipinski definition) is 4. The molecule has 1 atom stereocenters. The van der Waals surface area contributed by atoms with Gasteiger partial charge in [-0.3, -0.25) is 13.9 Å². The highest BCUT2D eigenvalue weighted by atomic mass is 35.5. The highest BCUT2D eigenvalue weighted by molar-refractivity contribution is 7.93. The molecular formula is C29H32ClN3O4S. The van der Waals surface area contributed by atoms with Gasteiger partial charge >= 0.3 is 0 Å². The molecule has 0 saturated heterocycles. The molecule has 1 saturated carbocycles. The first kappa shape index (κ1) is 26.5. The van der Waals surface area contributed by atoms with Gasteiger partial charge in [-0.1, -0.05) is 60.8 Å². The minimum absolute atomic E-state index is 0.111. The van der Waals surface area contributed by atoms with Gasteiger partial charge in [-0.05, 0) is 61.4 Å². The molecule has 5 rings (SSSR count). The summed E-state index contributed by atoms with van der Waals surface area (Å²) in [5.41, 5.74) is 1.47. The lowest BCUT2D eigenvalue weighted by atomic mass is 10.1. The van der Waals surface area contributed by atoms with Crippen LogP contribution >= 0.6 is 11.6 Å². The van der Waals surface area contributed by atoms with E-state index < -0.39 is 16.1 Å². The van der Waals surface area contributed by atoms with Crippen LogP contribution in [0.4, 0.5) is 5.69 Å². The largest absolute Gasteiger partial charge is 0.352 e. The number of hydrogen-bond donors (Lipinski definition) is 1. The van der Waals surface area contributed by atoms with E-state index in [1.165, 1.54) is 4.31 Å². The highest BCUT2D eigenvalue weighted by Crippen LogP contribution is 2.42. The van der Waals surface area contributed by atoms with Crippen molar-refractivity contribution >= 4 is 49.9 Å². The molecule has 1 aliphatic heterocycles. The zero-order valence-corrected chi connectivity index (χ0v) is 23.0. The average molecular weight is 554 g/mol. The first-order valence-electron chi connectivity index (χ1n) is 13.1. The van der Waals surface area contributed by atoms with Crippen LogP contribution in [0.3, 0.4) is 0 Å². The fraction of sp³-hybridized carbons (Fsp3) is 0.379. The van der Waals surface area contributed by atoms with Crippen LogP contribution in [0.1, 0.15) is 51.0 Å². The molecule has 0 bridgehead atoms. The van der Waals surface area contributed by atoms with E-state index in [2.05, 4.69) is 5.32 Å². The molecule has 1 fully saturated rings. The topological polar surface area (TPSA) is 86.8 Å². The fourth-order valence-electron chi connectivity index (χ4n) is 5.52. The molecule has 0 spiro atoms. The van der Waals surface area contributed by atoms with E-state index in [1.807, 2.05) is 30.3 Å². The lowest BCUT2D eigenvalue weighted by Gasteiger charge is -2.30. The summed E-state index contributed by atoms with van der Waals surface area (Å²) >= 11 is 6.17. The Balaban J connectivity index is 1.30. The van der Waals surface area contributed by atoms with Gasteiger partial charge in [0.2, 0.25) is 11.8 Å². The van der Waals surface area contributed by atoms with Crippen LogP contribution in [0.15, 0.2) is 65.6 Å². The van der Waals surface area contributed by atoms with E-state index in [0.29, 0.717) is 22.0 Å². The Labute approximate surface area is 228 Å². The fourth-order valence-corrected chi connectivity index (χ4v) is 7.48. The number of amides is 2. The summed E-state index contributed by atoms with van der Waals surface area (Å²) in [5.74, 6) is -0.372. The van der Waals surface area contributed by atoms with Crippen molar-refractivity contribution in [3.05, 3.63) is 71.2 Å². The number of benzene rings is 3. The molecule has 1 aliphatic carbocycles. The van der Waals surface area contributed by atoms with Crippen molar-refractivity contribution in [3.8, 4) is 0 Å². The standard InChI is InChI=1S/C29H32ClN3O4S/c1-20(29(35)31-24-12-2-3-13-24)32(19-21-8-4-11-23(30)18-21)27(34)16-7-17-33-25-14-5-9-22-10-6-15-26(28(22)25)38(33,36)37/h4-6,8-11,14-15,18,20,24H,2-3,7,12-13,16-17,19H2,1H3,(H,31,35)/t20-/m0/s1. The Kier molecular flexibility index (Phi) is 7.63. The number of nitrogens with zero attached hydrogens (tertiary/aromatic N) is 2. The highest BCUT2D eigenvalue weighted by Gasteiger charge is 2.35. The molecule has 9 heteroatoms. The summed E-state index contributed by atoms with van der Waals surface area (Å²) in [6, 6.07) is 17.6. The van der Waals surface area contributed by atoms with E-state index in [-0.39, 0.29) is 37.4 Å². The van der Waals surface area contributed by atoms with Gasteiger partial charge in [0.15, 0.2) is 0 Å². The molecule has 0 unspecified atom stereocenters. The van der Waals surface area contributed by atoms with Crippen LogP contribution in [-0.4, -0.2) is 43.8 Å². The number of anilines is 1. The lowest BCUT2D eigenvalue weighted by molar-refractivity contribution is -0.141. The SMILES string of the molecule is C[C@@H](C(=O)NC1CCCC1)N(Cc1cccc(Cl)c1)C(=O)CCCN1c2cccc3cccc(c23)S1(=O)=O. The number of carbonyl (C=O) groups excluding carboxylic acids is 2. The van der Waals surface area contributed by atoms with Gasteiger partial charge in [-0.15, -0.1) is 0 Å². The van der Waals surface area contributed by atoms with Crippen molar-refractivity contribution in [1.29, 1.82) is 0 Å². The van der Waals surface area contributed by atoms with Gasteiger partial charge < -0.3 is 10.2 Å². The Hall–Kier alpha value is -3.10. The Morgan fingerprint density at radius 1 is 1.08 bits per heavy atom. The summed E-state index contributed by atoms with van der Waals surface area (Å²) in [7, 11) is -3.68. The summed E-state index contributed by atoms with van der Waals surface area (Å²) in [4.78, 5) is 28.5. The Morgan fingerprint density at radius 3 is 2.53 bits per heavy atom. The van der Waals surface area contributed by atoms with Crippen molar-refractivity contribution in [2.45, 2.75) is 69.0 Å². The predicted octanol–water partition coefficient (Wildman–Crippen LogP) is 5.26. The first-order valence-corrected chi connectivity index (χ1v) is 15.0. The normalized spacial score (nSPS) is 17.1. The van der Waals surface area contributed by atoms with Crippen molar-refractivity contribution in [2.75, 3.05) is 10.8 Å². The number of rotatable bonds is 9. The second-order valence-corrected chi connectivity index (χ2v) is 12.4. The number of halogens is 1. The van der Waals surface area contributed by atoms with Gasteiger partial charge in [0, 0.05) is 36.0 Å². The summed E-state index contributed by atoms with van der Waals surface area (Å²) in [6.07, 6.45) is 4.55. The van der Waals surface area contributed by atoms with Crippen LogP contribution < -0.4 is 9.62 Å². The van der Waals surface area contributed by atoms with Gasteiger partial charge in [-0.25, -0.2) is 8.42 Å². The third-order valence-corrected chi connectivity index (χ3v) is 9.63. The molecule has 0 aromatic heterocycles. The summed E-state index contributed by atoms with van der Waals surface area (Å²) in [5, 5.41) is 5.25. The smallest absolute Gasteiger partial charge is 0.265 e. The van der Waals surface area contributed by atoms with Crippen LogP contribution in [0.2, 0.25) is 5.02 Å². The predicted molar refractivity (Wildman–Crippen MR) is 150 cm³/mol. The van der Waals surface area contributed by atoms with Crippen molar-refractivity contribution in [3.63, 3.8) is 0 Å². The average Bonchev–Trinajstić information content (AvgIpc) is 3.48. The lowest BCUT2D eigenvalue weighted by Crippen LogP contribution is -2.49. The number of sulfonamides is 1. The third-order valence-electron chi connectivity index (χ3n) is 7.54. The first-order chi connectivity index (χ1) is 18.3. The maximum atomic E-state index is 13.5. The molecular weight excluding hydrogens is 522 g/mol. The van der Waals surface area contributed by atoms with Gasteiger partial charge in [0.25, 0.3) is 10.0 Å². The molecule has 200 valence electrons. The second-order valence-electron chi connectivity index (χ2n) is 10.1. The molecule has 0 radical (unpaired) electrons. The zero-order valence-electron chi connectivity index (χ0n) is 21.4. The van der Waals surface area contributed by atoms with Crippen LogP contribution in [-0.2, 0) is 26.2 Å². The van der Waals surface area contributed by atoms with E-state index >= 15 is 0 Å². The van der Waals surface area contributed by atoms with Gasteiger partial charge in [0.05, 0.1) is 10.6 Å². The molecule has 2 amide bonds. The maximum Gasteiger partial charge on any atom is 0.265 e. The van der Waals surface area contributed by atoms with Crippen molar-refractivity contribution in [1.82, 2.24) is 10.2 Å². The van der Waals surface area contributed by atoms with Gasteiger partial charge in [0.1, 0.15) is 6.04 Å². The van der Waals surface area contributed by atoms with E-state index in [4.69, 9.17) is 11.6 Å². The quantitative estimate of drug-likeness (QED) is 0.392. The molecule has 38 heavy (non-hydrogen) atoms. The Morgan fingerprint density at radius 2 is 1.79 bits per heavy atom. The summed E-state index contributed by atoms with van der Waals surface area (Å²) < 4.78 is 27.9. The minimum Gasteiger partial charge on any atom is -0.352 e. The summed E-state index contributed by atoms with van der Waals surface area (Å²) in [6.45, 7) is 2.16. The number of carbonyl (C=O) groups is 2. The van der Waals surface area contributed by atoms with Gasteiger partial charge in [-0.2, -0.15) is 0 Å². The Bertz CT molecular complexity index is 1460. The van der Waals surface area contributed by atoms with Crippen LogP contribution in [0.5, 0.6) is 0 Å². The van der Waals surface area contributed by atoms with Crippen LogP contribution in [0.25, 0.3) is 10.8 Å². The molecule has 3 aromatic carbocycles. The van der Waals surface area contributed by atoms with E-state index in [1.54, 1.807) is 42.2 Å². The van der Waals surface area contributed by atoms with Crippen LogP contribution in [0, 0.1) is 0 Å². The van der Waals surface area contributed by atoms with E-state index in [9.17, 15) is 18.0 Å². The van der Waals surface area contributed by atoms with Crippen molar-refractivity contribution in [2.24, 2.45) is 0 Å². The second kappa shape index (κ2) is 10.9. The maximum absolute atomic E-state index is 13.5. The molecule has 3 aromatic rings. The van der Waals surface area contributed by atoms with Crippen molar-refractivity contribution < 1.29 is 18.0 Å². The monoisotopic (exact) mass is 553 g/mol. The third kappa shape index (κ3) is 5.24. The minimum atomic E-state index is -3.68. The molecule has 1 N–H and O–H groups in total. The zero-order chi connectivity index (χ0) is 26.9. The number of nitrogens with one attached hydrogen (secondary N) is 1. The molecule has 2 aliphatic rings. The van der Waals surface area contributed by atoms with E-state index in [0.717, 1.165) is 42.0 Å². The molecule has 7 nitrogen and oxygen atoms in total.